The minimum absolute atomic E-state index is 0.00134. The number of ketones is 1. The molecule has 2 aromatic rings. The van der Waals surface area contributed by atoms with E-state index < -0.39 is 5.92 Å². The van der Waals surface area contributed by atoms with Crippen LogP contribution in [0.1, 0.15) is 56.6 Å². The molecule has 1 aliphatic heterocycles. The third-order valence-electron chi connectivity index (χ3n) is 5.81. The SMILES string of the molecule is CC1=C(C#N)[C@@H](c2ccccc2OC(C)C)C2=C(C[C@H](c3ccccc3)CC2=O)N1. The van der Waals surface area contributed by atoms with Gasteiger partial charge in [0.15, 0.2) is 5.78 Å². The van der Waals surface area contributed by atoms with E-state index in [0.29, 0.717) is 17.6 Å². The molecule has 0 bridgehead atoms. The average Bonchev–Trinajstić information content (AvgIpc) is 2.73. The smallest absolute Gasteiger partial charge is 0.162 e. The third-order valence-corrected chi connectivity index (χ3v) is 5.81. The van der Waals surface area contributed by atoms with E-state index in [4.69, 9.17) is 4.74 Å². The number of rotatable bonds is 4. The molecule has 0 saturated heterocycles. The highest BCUT2D eigenvalue weighted by atomic mass is 16.5. The highest BCUT2D eigenvalue weighted by molar-refractivity contribution is 6.00. The van der Waals surface area contributed by atoms with Crippen LogP contribution >= 0.6 is 0 Å². The number of nitrogens with zero attached hydrogens (tertiary/aromatic N) is 1. The molecule has 2 aliphatic rings. The molecule has 2 atom stereocenters. The average molecular weight is 399 g/mol. The maximum Gasteiger partial charge on any atom is 0.162 e. The summed E-state index contributed by atoms with van der Waals surface area (Å²) in [4.78, 5) is 13.4. The summed E-state index contributed by atoms with van der Waals surface area (Å²) in [5, 5.41) is 13.3. The van der Waals surface area contributed by atoms with E-state index >= 15 is 0 Å². The number of para-hydroxylation sites is 1. The Morgan fingerprint density at radius 2 is 1.77 bits per heavy atom. The largest absolute Gasteiger partial charge is 0.491 e. The molecule has 4 nitrogen and oxygen atoms in total. The van der Waals surface area contributed by atoms with Gasteiger partial charge in [0.05, 0.1) is 23.7 Å². The highest BCUT2D eigenvalue weighted by Gasteiger charge is 2.39. The number of nitrogens with one attached hydrogen (secondary N) is 1. The van der Waals surface area contributed by atoms with Gasteiger partial charge in [0, 0.05) is 29.0 Å². The molecule has 152 valence electrons. The minimum Gasteiger partial charge on any atom is -0.491 e. The van der Waals surface area contributed by atoms with Crippen LogP contribution in [-0.2, 0) is 4.79 Å². The summed E-state index contributed by atoms with van der Waals surface area (Å²) in [6, 6.07) is 20.3. The molecular weight excluding hydrogens is 372 g/mol. The summed E-state index contributed by atoms with van der Waals surface area (Å²) in [5.41, 5.74) is 5.09. The summed E-state index contributed by atoms with van der Waals surface area (Å²) in [5.74, 6) is 0.571. The molecule has 0 radical (unpaired) electrons. The van der Waals surface area contributed by atoms with Crippen molar-refractivity contribution < 1.29 is 9.53 Å². The number of nitriles is 1. The Hall–Kier alpha value is -3.32. The van der Waals surface area contributed by atoms with Crippen LogP contribution in [0.4, 0.5) is 0 Å². The lowest BCUT2D eigenvalue weighted by atomic mass is 9.72. The Kier molecular flexibility index (Phi) is 5.46. The summed E-state index contributed by atoms with van der Waals surface area (Å²) in [6.45, 7) is 5.87. The van der Waals surface area contributed by atoms with Crippen LogP contribution in [0.15, 0.2) is 77.1 Å². The van der Waals surface area contributed by atoms with Gasteiger partial charge in [0.1, 0.15) is 5.75 Å². The van der Waals surface area contributed by atoms with Gasteiger partial charge >= 0.3 is 0 Å². The van der Waals surface area contributed by atoms with Crippen LogP contribution in [0.2, 0.25) is 0 Å². The van der Waals surface area contributed by atoms with E-state index in [-0.39, 0.29) is 17.8 Å². The Labute approximate surface area is 177 Å². The quantitative estimate of drug-likeness (QED) is 0.753. The molecule has 30 heavy (non-hydrogen) atoms. The molecule has 2 aromatic carbocycles. The Balaban J connectivity index is 1.81. The number of dihydropyridines is 1. The van der Waals surface area contributed by atoms with Gasteiger partial charge in [-0.3, -0.25) is 4.79 Å². The molecule has 0 aromatic heterocycles. The van der Waals surface area contributed by atoms with Crippen molar-refractivity contribution in [3.8, 4) is 11.8 Å². The Bertz CT molecular complexity index is 1070. The van der Waals surface area contributed by atoms with Crippen molar-refractivity contribution in [2.45, 2.75) is 51.6 Å². The molecule has 0 unspecified atom stereocenters. The number of ether oxygens (including phenoxy) is 1. The summed E-state index contributed by atoms with van der Waals surface area (Å²) >= 11 is 0. The van der Waals surface area contributed by atoms with Crippen LogP contribution in [0.3, 0.4) is 0 Å². The van der Waals surface area contributed by atoms with E-state index in [9.17, 15) is 10.1 Å². The predicted molar refractivity (Wildman–Crippen MR) is 117 cm³/mol. The predicted octanol–water partition coefficient (Wildman–Crippen LogP) is 5.36. The lowest BCUT2D eigenvalue weighted by Gasteiger charge is -2.36. The van der Waals surface area contributed by atoms with Crippen LogP contribution in [0, 0.1) is 11.3 Å². The second kappa shape index (κ2) is 8.20. The first-order chi connectivity index (χ1) is 14.5. The van der Waals surface area contributed by atoms with Crippen molar-refractivity contribution in [1.29, 1.82) is 5.26 Å². The molecule has 0 fully saturated rings. The van der Waals surface area contributed by atoms with Gasteiger partial charge in [-0.2, -0.15) is 5.26 Å². The number of carbonyl (C=O) groups excluding carboxylic acids is 1. The van der Waals surface area contributed by atoms with E-state index in [1.807, 2.05) is 63.2 Å². The normalized spacial score (nSPS) is 21.2. The number of allylic oxidation sites excluding steroid dienone is 4. The fraction of sp³-hybridized carbons (Fsp3) is 0.308. The van der Waals surface area contributed by atoms with Crippen molar-refractivity contribution >= 4 is 5.78 Å². The Morgan fingerprint density at radius 3 is 2.47 bits per heavy atom. The fourth-order valence-corrected chi connectivity index (χ4v) is 4.54. The van der Waals surface area contributed by atoms with Gasteiger partial charge in [0.25, 0.3) is 0 Å². The number of Topliss-reactive ketones (excluding diaryl/α,β-unsaturated/α-hetero) is 1. The van der Waals surface area contributed by atoms with Crippen LogP contribution in [-0.4, -0.2) is 11.9 Å². The van der Waals surface area contributed by atoms with Crippen LogP contribution in [0.5, 0.6) is 5.75 Å². The van der Waals surface area contributed by atoms with Crippen molar-refractivity contribution in [2.75, 3.05) is 0 Å². The van der Waals surface area contributed by atoms with Crippen molar-refractivity contribution in [3.63, 3.8) is 0 Å². The van der Waals surface area contributed by atoms with E-state index in [1.165, 1.54) is 5.56 Å². The second-order valence-corrected chi connectivity index (χ2v) is 8.24. The third kappa shape index (κ3) is 3.64. The fourth-order valence-electron chi connectivity index (χ4n) is 4.54. The molecule has 0 spiro atoms. The van der Waals surface area contributed by atoms with Gasteiger partial charge in [-0.15, -0.1) is 0 Å². The van der Waals surface area contributed by atoms with Gasteiger partial charge < -0.3 is 10.1 Å². The molecule has 0 amide bonds. The van der Waals surface area contributed by atoms with Gasteiger partial charge in [-0.1, -0.05) is 48.5 Å². The topological polar surface area (TPSA) is 62.1 Å². The lowest BCUT2D eigenvalue weighted by Crippen LogP contribution is -2.33. The molecule has 4 rings (SSSR count). The Morgan fingerprint density at radius 1 is 1.07 bits per heavy atom. The van der Waals surface area contributed by atoms with Crippen LogP contribution in [0.25, 0.3) is 0 Å². The zero-order valence-corrected chi connectivity index (χ0v) is 17.6. The number of benzene rings is 2. The van der Waals surface area contributed by atoms with Crippen molar-refractivity contribution in [3.05, 3.63) is 88.3 Å². The highest BCUT2D eigenvalue weighted by Crippen LogP contribution is 2.47. The standard InChI is InChI=1S/C26H26N2O2/c1-16(2)30-24-12-8-7-11-20(24)25-21(15-27)17(3)28-22-13-19(14-23(29)26(22)25)18-9-5-4-6-10-18/h4-12,16,19,25,28H,13-14H2,1-3H3/t19-,25+/m0/s1. The first-order valence-corrected chi connectivity index (χ1v) is 10.4. The van der Waals surface area contributed by atoms with Gasteiger partial charge in [-0.05, 0) is 44.7 Å². The molecule has 1 N–H and O–H groups in total. The van der Waals surface area contributed by atoms with E-state index in [0.717, 1.165) is 29.1 Å². The van der Waals surface area contributed by atoms with Gasteiger partial charge in [-0.25, -0.2) is 0 Å². The first kappa shape index (κ1) is 20.0. The van der Waals surface area contributed by atoms with Crippen molar-refractivity contribution in [1.82, 2.24) is 5.32 Å². The van der Waals surface area contributed by atoms with E-state index in [2.05, 4.69) is 23.5 Å². The lowest BCUT2D eigenvalue weighted by molar-refractivity contribution is -0.116. The maximum atomic E-state index is 13.4. The molecule has 0 saturated carbocycles. The number of hydrogen-bond acceptors (Lipinski definition) is 4. The van der Waals surface area contributed by atoms with Crippen LogP contribution < -0.4 is 10.1 Å². The maximum absolute atomic E-state index is 13.4. The second-order valence-electron chi connectivity index (χ2n) is 8.24. The van der Waals surface area contributed by atoms with Gasteiger partial charge in [0.2, 0.25) is 0 Å². The molecular formula is C26H26N2O2. The zero-order valence-electron chi connectivity index (χ0n) is 17.6. The first-order valence-electron chi connectivity index (χ1n) is 10.4. The molecule has 4 heteroatoms. The molecule has 1 aliphatic carbocycles. The monoisotopic (exact) mass is 398 g/mol. The van der Waals surface area contributed by atoms with Crippen molar-refractivity contribution in [2.24, 2.45) is 0 Å². The minimum atomic E-state index is -0.398. The number of carbonyl (C=O) groups is 1. The molecule has 1 heterocycles. The number of hydrogen-bond donors (Lipinski definition) is 1. The zero-order chi connectivity index (χ0) is 21.3. The van der Waals surface area contributed by atoms with E-state index in [1.54, 1.807) is 0 Å². The summed E-state index contributed by atoms with van der Waals surface area (Å²) in [7, 11) is 0. The summed E-state index contributed by atoms with van der Waals surface area (Å²) in [6.07, 6.45) is 1.21. The summed E-state index contributed by atoms with van der Waals surface area (Å²) < 4.78 is 6.05.